The Morgan fingerprint density at radius 1 is 1.14 bits per heavy atom. The van der Waals surface area contributed by atoms with E-state index >= 15 is 0 Å². The Labute approximate surface area is 87.3 Å². The summed E-state index contributed by atoms with van der Waals surface area (Å²) in [6.07, 6.45) is 5.84. The topological polar surface area (TPSA) is 23.5 Å². The highest BCUT2D eigenvalue weighted by Crippen LogP contribution is 2.40. The van der Waals surface area contributed by atoms with Crippen LogP contribution in [0.1, 0.15) is 46.0 Å². The highest BCUT2D eigenvalue weighted by atomic mass is 16.3. The van der Waals surface area contributed by atoms with Crippen LogP contribution >= 0.6 is 0 Å². The van der Waals surface area contributed by atoms with Gasteiger partial charge in [-0.05, 0) is 37.5 Å². The summed E-state index contributed by atoms with van der Waals surface area (Å²) in [5.41, 5.74) is 0.272. The maximum atomic E-state index is 10.0. The summed E-state index contributed by atoms with van der Waals surface area (Å²) in [6, 6.07) is 0. The van der Waals surface area contributed by atoms with Gasteiger partial charge in [0.05, 0.1) is 5.60 Å². The molecule has 0 spiro atoms. The van der Waals surface area contributed by atoms with Crippen LogP contribution in [0.5, 0.6) is 0 Å². The third kappa shape index (κ3) is 1.70. The molecule has 1 aliphatic heterocycles. The zero-order chi connectivity index (χ0) is 10.2. The van der Waals surface area contributed by atoms with Crippen molar-refractivity contribution in [2.45, 2.75) is 51.6 Å². The third-order valence-corrected chi connectivity index (χ3v) is 4.42. The summed E-state index contributed by atoms with van der Waals surface area (Å²) in [4.78, 5) is 2.44. The van der Waals surface area contributed by atoms with Crippen LogP contribution in [0.3, 0.4) is 0 Å². The van der Waals surface area contributed by atoms with Gasteiger partial charge >= 0.3 is 0 Å². The average molecular weight is 197 g/mol. The molecule has 2 fully saturated rings. The second-order valence-corrected chi connectivity index (χ2v) is 5.43. The van der Waals surface area contributed by atoms with E-state index in [0.29, 0.717) is 5.41 Å². The quantitative estimate of drug-likeness (QED) is 0.745. The summed E-state index contributed by atoms with van der Waals surface area (Å²) >= 11 is 0. The number of β-amino-alcohol motifs (C(OH)–C–C–N with tert-alkyl or cyclic N) is 1. The van der Waals surface area contributed by atoms with Crippen LogP contribution in [-0.2, 0) is 0 Å². The second kappa shape index (κ2) is 3.49. The van der Waals surface area contributed by atoms with Gasteiger partial charge in [-0.15, -0.1) is 0 Å². The van der Waals surface area contributed by atoms with Crippen molar-refractivity contribution in [3.05, 3.63) is 0 Å². The molecule has 1 saturated carbocycles. The molecule has 2 nitrogen and oxygen atoms in total. The van der Waals surface area contributed by atoms with Gasteiger partial charge in [0, 0.05) is 19.6 Å². The Hall–Kier alpha value is -0.0800. The molecule has 82 valence electrons. The minimum Gasteiger partial charge on any atom is -0.389 e. The van der Waals surface area contributed by atoms with E-state index < -0.39 is 0 Å². The molecule has 0 amide bonds. The zero-order valence-electron chi connectivity index (χ0n) is 9.55. The molecule has 0 radical (unpaired) electrons. The minimum atomic E-state index is -0.312. The first kappa shape index (κ1) is 10.4. The molecule has 1 saturated heterocycles. The molecule has 1 N–H and O–H groups in total. The fraction of sp³-hybridized carbons (Fsp3) is 1.00. The molecule has 2 aliphatic rings. The lowest BCUT2D eigenvalue weighted by Crippen LogP contribution is -2.61. The van der Waals surface area contributed by atoms with E-state index in [2.05, 4.69) is 18.7 Å². The summed E-state index contributed by atoms with van der Waals surface area (Å²) in [5.74, 6) is 0. The van der Waals surface area contributed by atoms with Crippen molar-refractivity contribution in [1.29, 1.82) is 0 Å². The number of hydrogen-bond acceptors (Lipinski definition) is 2. The fourth-order valence-electron chi connectivity index (χ4n) is 2.87. The van der Waals surface area contributed by atoms with Crippen LogP contribution in [0, 0.1) is 5.41 Å². The van der Waals surface area contributed by atoms with E-state index in [1.54, 1.807) is 0 Å². The van der Waals surface area contributed by atoms with E-state index in [-0.39, 0.29) is 5.60 Å². The van der Waals surface area contributed by atoms with Gasteiger partial charge in [-0.25, -0.2) is 0 Å². The highest BCUT2D eigenvalue weighted by molar-refractivity contribution is 4.98. The van der Waals surface area contributed by atoms with Crippen molar-refractivity contribution >= 4 is 0 Å². The van der Waals surface area contributed by atoms with Crippen LogP contribution in [0.15, 0.2) is 0 Å². The summed E-state index contributed by atoms with van der Waals surface area (Å²) in [6.45, 7) is 7.93. The van der Waals surface area contributed by atoms with E-state index in [4.69, 9.17) is 0 Å². The molecule has 0 atom stereocenters. The Bertz CT molecular complexity index is 198. The van der Waals surface area contributed by atoms with E-state index in [9.17, 15) is 5.11 Å². The van der Waals surface area contributed by atoms with Gasteiger partial charge in [0.2, 0.25) is 0 Å². The summed E-state index contributed by atoms with van der Waals surface area (Å²) in [5, 5.41) is 10.0. The number of likely N-dealkylation sites (tertiary alicyclic amines) is 1. The lowest BCUT2D eigenvalue weighted by atomic mass is 9.72. The van der Waals surface area contributed by atoms with Gasteiger partial charge < -0.3 is 5.11 Å². The molecule has 2 heteroatoms. The van der Waals surface area contributed by atoms with Crippen molar-refractivity contribution in [3.8, 4) is 0 Å². The second-order valence-electron chi connectivity index (χ2n) is 5.43. The van der Waals surface area contributed by atoms with Crippen LogP contribution in [-0.4, -0.2) is 35.2 Å². The van der Waals surface area contributed by atoms with Crippen LogP contribution in [0.2, 0.25) is 0 Å². The summed E-state index contributed by atoms with van der Waals surface area (Å²) in [7, 11) is 0. The van der Waals surface area contributed by atoms with E-state index in [1.807, 2.05) is 0 Å². The van der Waals surface area contributed by atoms with Crippen LogP contribution in [0.4, 0.5) is 0 Å². The van der Waals surface area contributed by atoms with Crippen LogP contribution < -0.4 is 0 Å². The van der Waals surface area contributed by atoms with E-state index in [0.717, 1.165) is 19.4 Å². The number of nitrogens with zero attached hydrogens (tertiary/aromatic N) is 1. The van der Waals surface area contributed by atoms with Crippen molar-refractivity contribution < 1.29 is 5.11 Å². The number of aliphatic hydroxyl groups is 1. The smallest absolute Gasteiger partial charge is 0.0774 e. The van der Waals surface area contributed by atoms with Gasteiger partial charge in [-0.2, -0.15) is 0 Å². The first-order chi connectivity index (χ1) is 6.61. The Kier molecular flexibility index (Phi) is 2.61. The van der Waals surface area contributed by atoms with E-state index in [1.165, 1.54) is 32.4 Å². The molecule has 1 heterocycles. The molecular formula is C12H23NO. The molecule has 0 aromatic carbocycles. The minimum absolute atomic E-state index is 0.312. The predicted octanol–water partition coefficient (Wildman–Crippen LogP) is 2.02. The lowest BCUT2D eigenvalue weighted by molar-refractivity contribution is -0.104. The SMILES string of the molecule is CCC1(CC)CN(CC2(O)CCC2)C1. The fourth-order valence-corrected chi connectivity index (χ4v) is 2.87. The lowest BCUT2D eigenvalue weighted by Gasteiger charge is -2.53. The predicted molar refractivity (Wildman–Crippen MR) is 58.3 cm³/mol. The molecule has 0 aromatic rings. The third-order valence-electron chi connectivity index (χ3n) is 4.42. The molecule has 14 heavy (non-hydrogen) atoms. The monoisotopic (exact) mass is 197 g/mol. The normalized spacial score (nSPS) is 29.4. The van der Waals surface area contributed by atoms with Gasteiger partial charge in [-0.3, -0.25) is 4.90 Å². The van der Waals surface area contributed by atoms with Crippen molar-refractivity contribution in [2.75, 3.05) is 19.6 Å². The van der Waals surface area contributed by atoms with Gasteiger partial charge in [0.1, 0.15) is 0 Å². The molecular weight excluding hydrogens is 174 g/mol. The van der Waals surface area contributed by atoms with Crippen molar-refractivity contribution in [2.24, 2.45) is 5.41 Å². The highest BCUT2D eigenvalue weighted by Gasteiger charge is 2.44. The Balaban J connectivity index is 1.77. The maximum absolute atomic E-state index is 10.0. The molecule has 2 rings (SSSR count). The number of hydrogen-bond donors (Lipinski definition) is 1. The summed E-state index contributed by atoms with van der Waals surface area (Å²) < 4.78 is 0. The Morgan fingerprint density at radius 2 is 1.71 bits per heavy atom. The maximum Gasteiger partial charge on any atom is 0.0774 e. The Morgan fingerprint density at radius 3 is 2.07 bits per heavy atom. The van der Waals surface area contributed by atoms with Gasteiger partial charge in [-0.1, -0.05) is 13.8 Å². The van der Waals surface area contributed by atoms with Gasteiger partial charge in [0.25, 0.3) is 0 Å². The van der Waals surface area contributed by atoms with Gasteiger partial charge in [0.15, 0.2) is 0 Å². The zero-order valence-corrected chi connectivity index (χ0v) is 9.55. The first-order valence-corrected chi connectivity index (χ1v) is 6.06. The molecule has 0 bridgehead atoms. The van der Waals surface area contributed by atoms with Crippen LogP contribution in [0.25, 0.3) is 0 Å². The standard InChI is InChI=1S/C12H23NO/c1-3-11(4-2)8-13(9-11)10-12(14)6-5-7-12/h14H,3-10H2,1-2H3. The average Bonchev–Trinajstić information content (AvgIpc) is 2.08. The molecule has 0 unspecified atom stereocenters. The first-order valence-electron chi connectivity index (χ1n) is 6.06. The number of rotatable bonds is 4. The van der Waals surface area contributed by atoms with Crippen molar-refractivity contribution in [1.82, 2.24) is 4.90 Å². The molecule has 0 aromatic heterocycles. The van der Waals surface area contributed by atoms with Crippen molar-refractivity contribution in [3.63, 3.8) is 0 Å². The molecule has 1 aliphatic carbocycles. The largest absolute Gasteiger partial charge is 0.389 e.